The van der Waals surface area contributed by atoms with E-state index in [2.05, 4.69) is 9.47 Å². The Morgan fingerprint density at radius 1 is 0.958 bits per heavy atom. The van der Waals surface area contributed by atoms with Crippen molar-refractivity contribution in [2.75, 3.05) is 7.11 Å². The third-order valence-electron chi connectivity index (χ3n) is 2.68. The van der Waals surface area contributed by atoms with Crippen molar-refractivity contribution >= 4 is 35.4 Å². The van der Waals surface area contributed by atoms with Gasteiger partial charge in [0.05, 0.1) is 7.11 Å². The lowest BCUT2D eigenvalue weighted by molar-refractivity contribution is -0.205. The van der Waals surface area contributed by atoms with Gasteiger partial charge >= 0.3 is 23.9 Å². The molecule has 0 fully saturated rings. The van der Waals surface area contributed by atoms with Crippen LogP contribution in [0.4, 0.5) is 0 Å². The zero-order chi connectivity index (χ0) is 19.1. The summed E-state index contributed by atoms with van der Waals surface area (Å²) in [6, 6.07) is 0. The summed E-state index contributed by atoms with van der Waals surface area (Å²) in [6.07, 6.45) is -3.73. The molecule has 0 bridgehead atoms. The van der Waals surface area contributed by atoms with Crippen LogP contribution in [-0.2, 0) is 43.0 Å². The number of hydrogen-bond donors (Lipinski definition) is 1. The summed E-state index contributed by atoms with van der Waals surface area (Å²) >= 11 is 0. The SMILES string of the molecule is COC(=O)[C@@](C)(OC(=O)CC(C)=O)[C@H](OC(=O)CC(C)=O)C(=O)O. The average molecular weight is 346 g/mol. The second kappa shape index (κ2) is 8.75. The average Bonchev–Trinajstić information content (AvgIpc) is 2.41. The van der Waals surface area contributed by atoms with Crippen molar-refractivity contribution in [2.24, 2.45) is 0 Å². The molecule has 0 aromatic carbocycles. The molecule has 10 nitrogen and oxygen atoms in total. The van der Waals surface area contributed by atoms with Crippen LogP contribution in [0.1, 0.15) is 33.6 Å². The first-order valence-corrected chi connectivity index (χ1v) is 6.65. The van der Waals surface area contributed by atoms with Gasteiger partial charge in [-0.2, -0.15) is 0 Å². The van der Waals surface area contributed by atoms with Crippen molar-refractivity contribution in [3.8, 4) is 0 Å². The summed E-state index contributed by atoms with van der Waals surface area (Å²) in [5.74, 6) is -6.75. The van der Waals surface area contributed by atoms with Crippen LogP contribution in [0.3, 0.4) is 0 Å². The number of esters is 3. The maximum atomic E-state index is 11.9. The lowest BCUT2D eigenvalue weighted by atomic mass is 9.98. The number of aliphatic carboxylic acids is 1. The predicted molar refractivity (Wildman–Crippen MR) is 74.6 cm³/mol. The minimum atomic E-state index is -2.54. The highest BCUT2D eigenvalue weighted by atomic mass is 16.6. The van der Waals surface area contributed by atoms with E-state index in [1.807, 2.05) is 0 Å². The number of carbonyl (C=O) groups is 6. The summed E-state index contributed by atoms with van der Waals surface area (Å²) in [5.41, 5.74) is -2.54. The zero-order valence-corrected chi connectivity index (χ0v) is 13.6. The van der Waals surface area contributed by atoms with Crippen LogP contribution in [0.2, 0.25) is 0 Å². The number of carboxylic acids is 1. The van der Waals surface area contributed by atoms with Crippen molar-refractivity contribution in [3.05, 3.63) is 0 Å². The van der Waals surface area contributed by atoms with E-state index in [9.17, 15) is 33.9 Å². The van der Waals surface area contributed by atoms with Crippen LogP contribution in [0.5, 0.6) is 0 Å². The van der Waals surface area contributed by atoms with E-state index in [4.69, 9.17) is 4.74 Å². The molecule has 0 aromatic heterocycles. The van der Waals surface area contributed by atoms with Gasteiger partial charge < -0.3 is 19.3 Å². The summed E-state index contributed by atoms with van der Waals surface area (Å²) in [4.78, 5) is 68.2. The molecular formula is C14H18O10. The Balaban J connectivity index is 5.61. The lowest BCUT2D eigenvalue weighted by Gasteiger charge is -2.31. The number of carboxylic acid groups (broad SMARTS) is 1. The Bertz CT molecular complexity index is 564. The molecule has 0 saturated carbocycles. The highest BCUT2D eigenvalue weighted by Gasteiger charge is 2.53. The topological polar surface area (TPSA) is 150 Å². The number of Topliss-reactive ketones (excluding diaryl/α,β-unsaturated/α-hetero) is 2. The standard InChI is InChI=1S/C14H18O10/c1-7(15)5-9(17)23-11(12(19)20)14(3,13(21)22-4)24-10(18)6-8(2)16/h11H,5-6H2,1-4H3,(H,19,20)/t11-,14+/m1/s1. The molecule has 2 atom stereocenters. The first-order chi connectivity index (χ1) is 10.9. The summed E-state index contributed by atoms with van der Waals surface area (Å²) < 4.78 is 13.7. The maximum absolute atomic E-state index is 11.9. The minimum absolute atomic E-state index is 0.590. The van der Waals surface area contributed by atoms with Crippen molar-refractivity contribution in [3.63, 3.8) is 0 Å². The van der Waals surface area contributed by atoms with Crippen LogP contribution in [0.15, 0.2) is 0 Å². The quantitative estimate of drug-likeness (QED) is 0.326. The molecule has 0 spiro atoms. The van der Waals surface area contributed by atoms with Crippen molar-refractivity contribution < 1.29 is 48.1 Å². The van der Waals surface area contributed by atoms with Gasteiger partial charge in [-0.25, -0.2) is 9.59 Å². The molecule has 10 heteroatoms. The van der Waals surface area contributed by atoms with Crippen LogP contribution in [0, 0.1) is 0 Å². The summed E-state index contributed by atoms with van der Waals surface area (Å²) in [5, 5.41) is 9.20. The number of ether oxygens (including phenoxy) is 3. The van der Waals surface area contributed by atoms with Gasteiger partial charge in [0.2, 0.25) is 6.10 Å². The van der Waals surface area contributed by atoms with Gasteiger partial charge in [-0.3, -0.25) is 19.2 Å². The van der Waals surface area contributed by atoms with Crippen LogP contribution in [0.25, 0.3) is 0 Å². The third-order valence-corrected chi connectivity index (χ3v) is 2.68. The molecule has 0 aliphatic rings. The highest BCUT2D eigenvalue weighted by Crippen LogP contribution is 2.23. The molecule has 0 amide bonds. The van der Waals surface area contributed by atoms with Gasteiger partial charge in [0.1, 0.15) is 24.4 Å². The molecule has 24 heavy (non-hydrogen) atoms. The first kappa shape index (κ1) is 21.2. The van der Waals surface area contributed by atoms with Gasteiger partial charge in [0.25, 0.3) is 5.60 Å². The number of rotatable bonds is 9. The fourth-order valence-corrected chi connectivity index (χ4v) is 1.66. The molecule has 0 radical (unpaired) electrons. The summed E-state index contributed by atoms with van der Waals surface area (Å²) in [6.45, 7) is 3.01. The molecule has 134 valence electrons. The van der Waals surface area contributed by atoms with Crippen LogP contribution >= 0.6 is 0 Å². The molecule has 0 aromatic rings. The minimum Gasteiger partial charge on any atom is -0.478 e. The number of methoxy groups -OCH3 is 1. The number of carbonyl (C=O) groups excluding carboxylic acids is 5. The Labute approximate surface area is 137 Å². The van der Waals surface area contributed by atoms with Crippen molar-refractivity contribution in [2.45, 2.75) is 45.3 Å². The molecule has 0 heterocycles. The van der Waals surface area contributed by atoms with Crippen LogP contribution in [-0.4, -0.2) is 59.4 Å². The lowest BCUT2D eigenvalue weighted by Crippen LogP contribution is -2.56. The first-order valence-electron chi connectivity index (χ1n) is 6.65. The van der Waals surface area contributed by atoms with Crippen molar-refractivity contribution in [1.82, 2.24) is 0 Å². The van der Waals surface area contributed by atoms with Gasteiger partial charge in [-0.1, -0.05) is 0 Å². The van der Waals surface area contributed by atoms with Gasteiger partial charge in [0, 0.05) is 0 Å². The Morgan fingerprint density at radius 2 is 1.42 bits per heavy atom. The fraction of sp³-hybridized carbons (Fsp3) is 0.571. The van der Waals surface area contributed by atoms with Crippen molar-refractivity contribution in [1.29, 1.82) is 0 Å². The second-order valence-corrected chi connectivity index (χ2v) is 5.04. The zero-order valence-electron chi connectivity index (χ0n) is 13.6. The molecule has 1 N–H and O–H groups in total. The number of ketones is 2. The fourth-order valence-electron chi connectivity index (χ4n) is 1.66. The second-order valence-electron chi connectivity index (χ2n) is 5.04. The van der Waals surface area contributed by atoms with E-state index in [0.29, 0.717) is 0 Å². The van der Waals surface area contributed by atoms with E-state index >= 15 is 0 Å². The van der Waals surface area contributed by atoms with E-state index in [0.717, 1.165) is 27.9 Å². The highest BCUT2D eigenvalue weighted by molar-refractivity contribution is 5.98. The van der Waals surface area contributed by atoms with E-state index in [1.54, 1.807) is 0 Å². The molecule has 0 aliphatic carbocycles. The molecule has 0 rings (SSSR count). The molecule has 0 saturated heterocycles. The molecule has 0 unspecified atom stereocenters. The molecule has 0 aliphatic heterocycles. The van der Waals surface area contributed by atoms with Crippen LogP contribution < -0.4 is 0 Å². The largest absolute Gasteiger partial charge is 0.478 e. The predicted octanol–water partition coefficient (Wildman–Crippen LogP) is -0.584. The molecular weight excluding hydrogens is 328 g/mol. The van der Waals surface area contributed by atoms with E-state index in [1.165, 1.54) is 0 Å². The monoisotopic (exact) mass is 346 g/mol. The summed E-state index contributed by atoms with van der Waals surface area (Å²) in [7, 11) is 0.899. The van der Waals surface area contributed by atoms with E-state index < -0.39 is 60.0 Å². The number of hydrogen-bond acceptors (Lipinski definition) is 9. The normalized spacial score (nSPS) is 13.8. The third kappa shape index (κ3) is 6.15. The Kier molecular flexibility index (Phi) is 7.74. The smallest absolute Gasteiger partial charge is 0.354 e. The van der Waals surface area contributed by atoms with Gasteiger partial charge in [-0.05, 0) is 20.8 Å². The van der Waals surface area contributed by atoms with E-state index in [-0.39, 0.29) is 0 Å². The van der Waals surface area contributed by atoms with Gasteiger partial charge in [-0.15, -0.1) is 0 Å². The van der Waals surface area contributed by atoms with Gasteiger partial charge in [0.15, 0.2) is 0 Å². The Hall–Kier alpha value is -2.78. The Morgan fingerprint density at radius 3 is 1.79 bits per heavy atom. The maximum Gasteiger partial charge on any atom is 0.354 e.